The SMILES string of the molecule is Cn1nc(Oc2c(Cl)cc(N)cc2Cl)cc(C2CC2)c1=O. The minimum Gasteiger partial charge on any atom is -0.434 e. The molecule has 1 saturated carbocycles. The summed E-state index contributed by atoms with van der Waals surface area (Å²) in [5.74, 6) is 0.861. The molecule has 7 heteroatoms. The first-order valence-corrected chi connectivity index (χ1v) is 7.22. The zero-order valence-corrected chi connectivity index (χ0v) is 12.8. The highest BCUT2D eigenvalue weighted by atomic mass is 35.5. The van der Waals surface area contributed by atoms with Crippen molar-refractivity contribution in [3.05, 3.63) is 44.2 Å². The number of rotatable bonds is 3. The van der Waals surface area contributed by atoms with Crippen LogP contribution in [0.2, 0.25) is 10.0 Å². The van der Waals surface area contributed by atoms with Crippen LogP contribution in [-0.2, 0) is 7.05 Å². The molecule has 0 radical (unpaired) electrons. The van der Waals surface area contributed by atoms with Crippen LogP contribution in [0.1, 0.15) is 24.3 Å². The fraction of sp³-hybridized carbons (Fsp3) is 0.286. The van der Waals surface area contributed by atoms with Crippen LogP contribution in [-0.4, -0.2) is 9.78 Å². The summed E-state index contributed by atoms with van der Waals surface area (Å²) in [4.78, 5) is 12.0. The van der Waals surface area contributed by atoms with E-state index in [1.54, 1.807) is 25.2 Å². The molecule has 1 aliphatic carbocycles. The molecule has 0 atom stereocenters. The Hall–Kier alpha value is -1.72. The van der Waals surface area contributed by atoms with Gasteiger partial charge < -0.3 is 10.5 Å². The number of aryl methyl sites for hydroxylation is 1. The number of hydrogen-bond donors (Lipinski definition) is 1. The van der Waals surface area contributed by atoms with Crippen molar-refractivity contribution in [1.29, 1.82) is 0 Å². The van der Waals surface area contributed by atoms with Gasteiger partial charge in [-0.25, -0.2) is 4.68 Å². The lowest BCUT2D eigenvalue weighted by Gasteiger charge is -2.11. The third-order valence-corrected chi connectivity index (χ3v) is 3.87. The lowest BCUT2D eigenvalue weighted by molar-refractivity contribution is 0.439. The molecule has 3 rings (SSSR count). The fourth-order valence-corrected chi connectivity index (χ4v) is 2.70. The van der Waals surface area contributed by atoms with E-state index in [1.165, 1.54) is 4.68 Å². The van der Waals surface area contributed by atoms with E-state index in [1.807, 2.05) is 0 Å². The predicted molar refractivity (Wildman–Crippen MR) is 82.4 cm³/mol. The van der Waals surface area contributed by atoms with Gasteiger partial charge in [-0.1, -0.05) is 23.2 Å². The van der Waals surface area contributed by atoms with E-state index in [0.717, 1.165) is 12.8 Å². The Morgan fingerprint density at radius 1 is 1.29 bits per heavy atom. The second kappa shape index (κ2) is 5.24. The van der Waals surface area contributed by atoms with Gasteiger partial charge in [0.1, 0.15) is 0 Å². The molecule has 0 spiro atoms. The number of anilines is 1. The van der Waals surface area contributed by atoms with Crippen molar-refractivity contribution < 1.29 is 4.74 Å². The van der Waals surface area contributed by atoms with Gasteiger partial charge in [0.15, 0.2) is 5.75 Å². The first kappa shape index (κ1) is 14.2. The standard InChI is InChI=1S/C14H13Cl2N3O2/c1-19-14(20)9(7-2-3-7)6-12(18-19)21-13-10(15)4-8(17)5-11(13)16/h4-7H,2-3,17H2,1H3. The number of benzene rings is 1. The Balaban J connectivity index is 2.01. The molecule has 1 aromatic carbocycles. The van der Waals surface area contributed by atoms with Crippen LogP contribution in [0.3, 0.4) is 0 Å². The molecular formula is C14H13Cl2N3O2. The zero-order chi connectivity index (χ0) is 15.1. The molecule has 21 heavy (non-hydrogen) atoms. The largest absolute Gasteiger partial charge is 0.434 e. The molecule has 1 heterocycles. The number of ether oxygens (including phenoxy) is 1. The molecular weight excluding hydrogens is 313 g/mol. The highest BCUT2D eigenvalue weighted by Gasteiger charge is 2.28. The van der Waals surface area contributed by atoms with Crippen molar-refractivity contribution >= 4 is 28.9 Å². The molecule has 1 aliphatic rings. The van der Waals surface area contributed by atoms with Gasteiger partial charge in [-0.2, -0.15) is 0 Å². The Kier molecular flexibility index (Phi) is 3.55. The van der Waals surface area contributed by atoms with Crippen molar-refractivity contribution in [2.45, 2.75) is 18.8 Å². The summed E-state index contributed by atoms with van der Waals surface area (Å²) in [6, 6.07) is 4.75. The van der Waals surface area contributed by atoms with E-state index in [-0.39, 0.29) is 17.2 Å². The predicted octanol–water partition coefficient (Wildman–Crippen LogP) is 3.34. The van der Waals surface area contributed by atoms with Crippen molar-refractivity contribution in [2.75, 3.05) is 5.73 Å². The molecule has 0 saturated heterocycles. The molecule has 110 valence electrons. The second-order valence-electron chi connectivity index (χ2n) is 5.06. The van der Waals surface area contributed by atoms with Gasteiger partial charge in [0.2, 0.25) is 5.88 Å². The first-order chi connectivity index (χ1) is 9.95. The Bertz CT molecular complexity index is 746. The van der Waals surface area contributed by atoms with Crippen LogP contribution in [0, 0.1) is 0 Å². The average Bonchev–Trinajstić information content (AvgIpc) is 3.22. The van der Waals surface area contributed by atoms with E-state index in [4.69, 9.17) is 33.7 Å². The summed E-state index contributed by atoms with van der Waals surface area (Å²) in [5, 5.41) is 4.67. The number of halogens is 2. The van der Waals surface area contributed by atoms with Crippen molar-refractivity contribution in [1.82, 2.24) is 9.78 Å². The Morgan fingerprint density at radius 2 is 1.90 bits per heavy atom. The molecule has 0 bridgehead atoms. The summed E-state index contributed by atoms with van der Waals surface area (Å²) in [6.07, 6.45) is 2.03. The zero-order valence-electron chi connectivity index (χ0n) is 11.3. The fourth-order valence-electron chi connectivity index (χ4n) is 2.12. The molecule has 1 aromatic heterocycles. The third kappa shape index (κ3) is 2.84. The number of hydrogen-bond acceptors (Lipinski definition) is 4. The van der Waals surface area contributed by atoms with Gasteiger partial charge in [0.25, 0.3) is 5.56 Å². The number of nitrogen functional groups attached to an aromatic ring is 1. The maximum Gasteiger partial charge on any atom is 0.270 e. The van der Waals surface area contributed by atoms with Crippen LogP contribution in [0.5, 0.6) is 11.6 Å². The molecule has 2 N–H and O–H groups in total. The van der Waals surface area contributed by atoms with Gasteiger partial charge in [-0.05, 0) is 30.9 Å². The lowest BCUT2D eigenvalue weighted by atomic mass is 10.2. The van der Waals surface area contributed by atoms with E-state index < -0.39 is 0 Å². The summed E-state index contributed by atoms with van der Waals surface area (Å²) in [6.45, 7) is 0. The minimum atomic E-state index is -0.0978. The van der Waals surface area contributed by atoms with Crippen molar-refractivity contribution in [3.8, 4) is 11.6 Å². The van der Waals surface area contributed by atoms with E-state index in [0.29, 0.717) is 27.2 Å². The summed E-state index contributed by atoms with van der Waals surface area (Å²) < 4.78 is 6.93. The van der Waals surface area contributed by atoms with Gasteiger partial charge in [0, 0.05) is 24.4 Å². The van der Waals surface area contributed by atoms with Gasteiger partial charge in [-0.3, -0.25) is 4.79 Å². The summed E-state index contributed by atoms with van der Waals surface area (Å²) >= 11 is 12.2. The third-order valence-electron chi connectivity index (χ3n) is 3.31. The molecule has 0 amide bonds. The smallest absolute Gasteiger partial charge is 0.270 e. The van der Waals surface area contributed by atoms with Crippen LogP contribution in [0.4, 0.5) is 5.69 Å². The summed E-state index contributed by atoms with van der Waals surface area (Å²) in [5.41, 5.74) is 6.72. The topological polar surface area (TPSA) is 70.1 Å². The van der Waals surface area contributed by atoms with Crippen LogP contribution in [0.25, 0.3) is 0 Å². The van der Waals surface area contributed by atoms with Gasteiger partial charge in [0.05, 0.1) is 10.0 Å². The van der Waals surface area contributed by atoms with Crippen molar-refractivity contribution in [3.63, 3.8) is 0 Å². The van der Waals surface area contributed by atoms with Crippen molar-refractivity contribution in [2.24, 2.45) is 7.05 Å². The Morgan fingerprint density at radius 3 is 2.48 bits per heavy atom. The van der Waals surface area contributed by atoms with Crippen LogP contribution < -0.4 is 16.0 Å². The number of nitrogens with two attached hydrogens (primary N) is 1. The minimum absolute atomic E-state index is 0.0978. The second-order valence-corrected chi connectivity index (χ2v) is 5.87. The quantitative estimate of drug-likeness (QED) is 0.878. The van der Waals surface area contributed by atoms with Gasteiger partial charge in [-0.15, -0.1) is 5.10 Å². The molecule has 5 nitrogen and oxygen atoms in total. The van der Waals surface area contributed by atoms with Crippen LogP contribution in [0.15, 0.2) is 23.0 Å². The number of aromatic nitrogens is 2. The molecule has 0 aliphatic heterocycles. The van der Waals surface area contributed by atoms with E-state index in [9.17, 15) is 4.79 Å². The first-order valence-electron chi connectivity index (χ1n) is 6.46. The number of nitrogens with zero attached hydrogens (tertiary/aromatic N) is 2. The highest BCUT2D eigenvalue weighted by molar-refractivity contribution is 6.37. The monoisotopic (exact) mass is 325 g/mol. The van der Waals surface area contributed by atoms with E-state index in [2.05, 4.69) is 5.10 Å². The average molecular weight is 326 g/mol. The van der Waals surface area contributed by atoms with Crippen LogP contribution >= 0.6 is 23.2 Å². The van der Waals surface area contributed by atoms with E-state index >= 15 is 0 Å². The lowest BCUT2D eigenvalue weighted by Crippen LogP contribution is -2.23. The maximum absolute atomic E-state index is 12.0. The molecule has 2 aromatic rings. The maximum atomic E-state index is 12.0. The summed E-state index contributed by atoms with van der Waals surface area (Å²) in [7, 11) is 1.59. The van der Waals surface area contributed by atoms with Gasteiger partial charge >= 0.3 is 0 Å². The normalized spacial score (nSPS) is 14.2. The Labute approximate surface area is 131 Å². The molecule has 0 unspecified atom stereocenters. The molecule has 1 fully saturated rings. The highest BCUT2D eigenvalue weighted by Crippen LogP contribution is 2.41.